The highest BCUT2D eigenvalue weighted by atomic mass is 19.1. The van der Waals surface area contributed by atoms with Gasteiger partial charge >= 0.3 is 0 Å². The lowest BCUT2D eigenvalue weighted by Crippen LogP contribution is -2.37. The number of methoxy groups -OCH3 is 1. The van der Waals surface area contributed by atoms with Gasteiger partial charge in [-0.25, -0.2) is 19.8 Å². The molecular formula is C32H36FN5O4. The Hall–Kier alpha value is -4.34. The zero-order chi connectivity index (χ0) is 29.8. The van der Waals surface area contributed by atoms with Crippen LogP contribution < -0.4 is 14.9 Å². The molecule has 0 fully saturated rings. The van der Waals surface area contributed by atoms with Crippen molar-refractivity contribution < 1.29 is 23.5 Å². The highest BCUT2D eigenvalue weighted by Gasteiger charge is 2.29. The SMILES string of the molecule is CCc1ccc2c(C3=NN(CCCCOc4ccc(C5=NNC(=O)CC5C)cc4F)C(=O)CC3C)ccc(OC)c2n1. The van der Waals surface area contributed by atoms with Crippen molar-refractivity contribution in [1.82, 2.24) is 15.4 Å². The van der Waals surface area contributed by atoms with Gasteiger partial charge in [0.15, 0.2) is 11.6 Å². The normalized spacial score (nSPS) is 18.9. The molecule has 5 rings (SSSR count). The molecule has 3 heterocycles. The van der Waals surface area contributed by atoms with Crippen LogP contribution in [0.1, 0.15) is 63.3 Å². The molecule has 9 nitrogen and oxygen atoms in total. The first-order valence-electron chi connectivity index (χ1n) is 14.4. The summed E-state index contributed by atoms with van der Waals surface area (Å²) >= 11 is 0. The van der Waals surface area contributed by atoms with E-state index in [0.717, 1.165) is 34.3 Å². The van der Waals surface area contributed by atoms with Crippen LogP contribution in [0, 0.1) is 17.7 Å². The summed E-state index contributed by atoms with van der Waals surface area (Å²) in [6.45, 7) is 6.71. The van der Waals surface area contributed by atoms with Gasteiger partial charge in [-0.1, -0.05) is 26.8 Å². The number of amides is 2. The Bertz CT molecular complexity index is 1570. The second-order valence-electron chi connectivity index (χ2n) is 10.8. The molecule has 3 aromatic rings. The number of carbonyl (C=O) groups excluding carboxylic acids is 2. The van der Waals surface area contributed by atoms with Crippen LogP contribution >= 0.6 is 0 Å². The third-order valence-electron chi connectivity index (χ3n) is 7.71. The van der Waals surface area contributed by atoms with Crippen LogP contribution in [0.5, 0.6) is 11.5 Å². The summed E-state index contributed by atoms with van der Waals surface area (Å²) in [6.07, 6.45) is 2.77. The first-order chi connectivity index (χ1) is 20.3. The van der Waals surface area contributed by atoms with Gasteiger partial charge < -0.3 is 9.47 Å². The Kier molecular flexibility index (Phi) is 8.80. The van der Waals surface area contributed by atoms with Crippen LogP contribution in [0.15, 0.2) is 52.7 Å². The number of ether oxygens (including phenoxy) is 2. The first-order valence-corrected chi connectivity index (χ1v) is 14.4. The van der Waals surface area contributed by atoms with Crippen molar-refractivity contribution in [3.8, 4) is 11.5 Å². The van der Waals surface area contributed by atoms with E-state index in [1.165, 1.54) is 6.07 Å². The van der Waals surface area contributed by atoms with E-state index in [-0.39, 0.29) is 29.4 Å². The van der Waals surface area contributed by atoms with Crippen molar-refractivity contribution in [3.63, 3.8) is 0 Å². The molecule has 0 aliphatic carbocycles. The van der Waals surface area contributed by atoms with Gasteiger partial charge in [0.1, 0.15) is 11.3 Å². The maximum Gasteiger partial charge on any atom is 0.243 e. The highest BCUT2D eigenvalue weighted by Crippen LogP contribution is 2.31. The van der Waals surface area contributed by atoms with Gasteiger partial charge in [-0.15, -0.1) is 0 Å². The third-order valence-corrected chi connectivity index (χ3v) is 7.71. The van der Waals surface area contributed by atoms with Crippen LogP contribution in [-0.2, 0) is 16.0 Å². The van der Waals surface area contributed by atoms with E-state index in [4.69, 9.17) is 19.6 Å². The second kappa shape index (κ2) is 12.7. The third kappa shape index (κ3) is 6.12. The number of halogens is 1. The van der Waals surface area contributed by atoms with Gasteiger partial charge in [-0.3, -0.25) is 9.59 Å². The van der Waals surface area contributed by atoms with Gasteiger partial charge in [-0.2, -0.15) is 10.2 Å². The number of nitrogens with zero attached hydrogens (tertiary/aromatic N) is 4. The van der Waals surface area contributed by atoms with Gasteiger partial charge in [0.05, 0.1) is 25.1 Å². The van der Waals surface area contributed by atoms with E-state index < -0.39 is 5.82 Å². The molecule has 1 aromatic heterocycles. The molecule has 0 radical (unpaired) electrons. The zero-order valence-electron chi connectivity index (χ0n) is 24.4. The van der Waals surface area contributed by atoms with Crippen molar-refractivity contribution in [2.24, 2.45) is 22.0 Å². The second-order valence-corrected chi connectivity index (χ2v) is 10.8. The Morgan fingerprint density at radius 1 is 1.00 bits per heavy atom. The molecule has 2 atom stereocenters. The summed E-state index contributed by atoms with van der Waals surface area (Å²) in [6, 6.07) is 12.7. The number of benzene rings is 2. The maximum absolute atomic E-state index is 14.8. The zero-order valence-corrected chi connectivity index (χ0v) is 24.4. The summed E-state index contributed by atoms with van der Waals surface area (Å²) in [7, 11) is 1.64. The standard InChI is InChI=1S/C32H36FN5O4/c1-5-22-9-10-24-23(11-13-27(41-4)32(24)34-22)31-20(3)17-29(40)38(37-31)14-6-7-15-42-26-12-8-21(18-25(26)33)30-19(2)16-28(39)35-36-30/h8-13,18-20H,5-7,14-17H2,1-4H3,(H,35,39). The number of pyridine rings is 1. The molecule has 2 aliphatic heterocycles. The van der Waals surface area contributed by atoms with Crippen molar-refractivity contribution in [3.05, 3.63) is 65.1 Å². The van der Waals surface area contributed by atoms with Crippen LogP contribution in [-0.4, -0.2) is 53.5 Å². The lowest BCUT2D eigenvalue weighted by molar-refractivity contribution is -0.132. The molecule has 2 aliphatic rings. The lowest BCUT2D eigenvalue weighted by atomic mass is 9.91. The van der Waals surface area contributed by atoms with Crippen LogP contribution in [0.2, 0.25) is 0 Å². The molecule has 0 saturated carbocycles. The molecule has 1 N–H and O–H groups in total. The van der Waals surface area contributed by atoms with E-state index in [1.54, 1.807) is 24.3 Å². The Labute approximate surface area is 244 Å². The van der Waals surface area contributed by atoms with Crippen LogP contribution in [0.4, 0.5) is 4.39 Å². The number of rotatable bonds is 10. The van der Waals surface area contributed by atoms with Gasteiger partial charge in [-0.05, 0) is 55.7 Å². The van der Waals surface area contributed by atoms with Crippen molar-refractivity contribution in [1.29, 1.82) is 0 Å². The minimum absolute atomic E-state index is 0.0194. The molecule has 220 valence electrons. The minimum atomic E-state index is -0.485. The van der Waals surface area contributed by atoms with E-state index in [2.05, 4.69) is 23.5 Å². The highest BCUT2D eigenvalue weighted by molar-refractivity contribution is 6.14. The number of fused-ring (bicyclic) bond motifs is 1. The number of hydrogen-bond donors (Lipinski definition) is 1. The lowest BCUT2D eigenvalue weighted by Gasteiger charge is -2.28. The summed E-state index contributed by atoms with van der Waals surface area (Å²) in [4.78, 5) is 29.1. The van der Waals surface area contributed by atoms with E-state index >= 15 is 0 Å². The molecule has 0 bridgehead atoms. The Morgan fingerprint density at radius 3 is 2.52 bits per heavy atom. The largest absolute Gasteiger partial charge is 0.494 e. The minimum Gasteiger partial charge on any atom is -0.494 e. The molecule has 2 aromatic carbocycles. The summed E-state index contributed by atoms with van der Waals surface area (Å²) in [5.41, 5.74) is 7.28. The fourth-order valence-corrected chi connectivity index (χ4v) is 5.39. The smallest absolute Gasteiger partial charge is 0.243 e. The number of unbranched alkanes of at least 4 members (excludes halogenated alkanes) is 1. The van der Waals surface area contributed by atoms with Gasteiger partial charge in [0, 0.05) is 53.4 Å². The number of hydrogen-bond acceptors (Lipinski definition) is 7. The summed E-state index contributed by atoms with van der Waals surface area (Å²) < 4.78 is 26.0. The van der Waals surface area contributed by atoms with Gasteiger partial charge in [0.2, 0.25) is 11.8 Å². The Morgan fingerprint density at radius 2 is 1.79 bits per heavy atom. The van der Waals surface area contributed by atoms with E-state index in [9.17, 15) is 14.0 Å². The van der Waals surface area contributed by atoms with Crippen molar-refractivity contribution in [2.45, 2.75) is 52.9 Å². The average molecular weight is 574 g/mol. The maximum atomic E-state index is 14.8. The fraction of sp³-hybridized carbons (Fsp3) is 0.406. The van der Waals surface area contributed by atoms with Gasteiger partial charge in [0.25, 0.3) is 0 Å². The molecule has 2 amide bonds. The van der Waals surface area contributed by atoms with Crippen molar-refractivity contribution >= 4 is 34.1 Å². The number of nitrogens with one attached hydrogen (secondary N) is 1. The monoisotopic (exact) mass is 573 g/mol. The fourth-order valence-electron chi connectivity index (χ4n) is 5.39. The predicted octanol–water partition coefficient (Wildman–Crippen LogP) is 5.24. The molecule has 10 heteroatoms. The van der Waals surface area contributed by atoms with Crippen molar-refractivity contribution in [2.75, 3.05) is 20.3 Å². The molecule has 2 unspecified atom stereocenters. The quantitative estimate of drug-likeness (QED) is 0.334. The van der Waals surface area contributed by atoms with E-state index in [1.807, 2.05) is 32.0 Å². The molecule has 0 saturated heterocycles. The summed E-state index contributed by atoms with van der Waals surface area (Å²) in [5, 5.41) is 11.4. The molecular weight excluding hydrogens is 537 g/mol. The molecule has 42 heavy (non-hydrogen) atoms. The molecule has 0 spiro atoms. The number of carbonyl (C=O) groups is 2. The first kappa shape index (κ1) is 29.2. The Balaban J connectivity index is 1.22. The summed E-state index contributed by atoms with van der Waals surface area (Å²) in [5.74, 6) is 0.0764. The van der Waals surface area contributed by atoms with E-state index in [0.29, 0.717) is 55.9 Å². The topological polar surface area (TPSA) is 105 Å². The average Bonchev–Trinajstić information content (AvgIpc) is 2.98. The van der Waals surface area contributed by atoms with Crippen LogP contribution in [0.25, 0.3) is 10.9 Å². The predicted molar refractivity (Wildman–Crippen MR) is 159 cm³/mol. The van der Waals surface area contributed by atoms with Crippen LogP contribution in [0.3, 0.4) is 0 Å². The number of aromatic nitrogens is 1. The number of aryl methyl sites for hydroxylation is 1. The number of hydrazone groups is 2.